The fraction of sp³-hybridized carbons (Fsp3) is 0.476. The third-order valence-electron chi connectivity index (χ3n) is 4.20. The Bertz CT molecular complexity index is 872. The summed E-state index contributed by atoms with van der Waals surface area (Å²) in [6.45, 7) is 4.04. The molecule has 1 N–H and O–H groups in total. The zero-order valence-corrected chi connectivity index (χ0v) is 18.5. The first-order valence-electron chi connectivity index (χ1n) is 9.90. The van der Waals surface area contributed by atoms with Gasteiger partial charge >= 0.3 is 30.0 Å². The lowest BCUT2D eigenvalue weighted by Crippen LogP contribution is -2.66. The molecule has 12 heteroatoms. The van der Waals surface area contributed by atoms with Crippen LogP contribution in [0.4, 0.5) is 4.79 Å². The number of esters is 4. The van der Waals surface area contributed by atoms with Gasteiger partial charge in [-0.2, -0.15) is 0 Å². The van der Waals surface area contributed by atoms with E-state index in [0.717, 1.165) is 27.7 Å². The van der Waals surface area contributed by atoms with E-state index in [1.54, 1.807) is 18.2 Å². The molecule has 1 aromatic rings. The van der Waals surface area contributed by atoms with Crippen LogP contribution in [0.5, 0.6) is 5.75 Å². The molecule has 1 saturated heterocycles. The Morgan fingerprint density at radius 3 is 1.88 bits per heavy atom. The van der Waals surface area contributed by atoms with E-state index >= 15 is 0 Å². The number of hydrogen-bond donors (Lipinski definition) is 1. The Morgan fingerprint density at radius 2 is 1.33 bits per heavy atom. The van der Waals surface area contributed by atoms with Gasteiger partial charge in [0.1, 0.15) is 18.5 Å². The number of amides is 1. The van der Waals surface area contributed by atoms with Crippen molar-refractivity contribution in [1.29, 1.82) is 0 Å². The summed E-state index contributed by atoms with van der Waals surface area (Å²) in [7, 11) is 0. The molecule has 0 spiro atoms. The molecule has 180 valence electrons. The van der Waals surface area contributed by atoms with Crippen LogP contribution in [0.15, 0.2) is 30.3 Å². The quantitative estimate of drug-likeness (QED) is 0.449. The van der Waals surface area contributed by atoms with Crippen molar-refractivity contribution in [2.75, 3.05) is 6.61 Å². The van der Waals surface area contributed by atoms with Crippen LogP contribution in [0.1, 0.15) is 27.7 Å². The molecule has 0 unspecified atom stereocenters. The van der Waals surface area contributed by atoms with Gasteiger partial charge in [-0.05, 0) is 12.1 Å². The molecule has 1 aromatic carbocycles. The van der Waals surface area contributed by atoms with Gasteiger partial charge in [0.15, 0.2) is 24.5 Å². The second-order valence-corrected chi connectivity index (χ2v) is 6.97. The molecule has 0 aromatic heterocycles. The van der Waals surface area contributed by atoms with Gasteiger partial charge in [0, 0.05) is 27.7 Å². The summed E-state index contributed by atoms with van der Waals surface area (Å²) in [5, 5.41) is 2.38. The van der Waals surface area contributed by atoms with E-state index in [1.807, 2.05) is 0 Å². The van der Waals surface area contributed by atoms with Crippen LogP contribution < -0.4 is 10.1 Å². The third kappa shape index (κ3) is 8.07. The van der Waals surface area contributed by atoms with Crippen molar-refractivity contribution in [1.82, 2.24) is 5.32 Å². The van der Waals surface area contributed by atoms with Crippen LogP contribution in [-0.4, -0.2) is 67.2 Å². The third-order valence-corrected chi connectivity index (χ3v) is 4.20. The van der Waals surface area contributed by atoms with Crippen molar-refractivity contribution in [2.45, 2.75) is 58.3 Å². The standard InChI is InChI=1S/C21H25NO11/c1-11(23)28-10-16-17(29-12(2)24)18(30-13(3)25)19(31-14(4)26)20(33-16)22-21(27)32-15-8-6-5-7-9-15/h5-9,16-20H,10H2,1-4H3,(H,22,27)/t16-,17-,18+,19-,20+/m1/s1. The van der Waals surface area contributed by atoms with Gasteiger partial charge in [0.2, 0.25) is 0 Å². The lowest BCUT2D eigenvalue weighted by molar-refractivity contribution is -0.255. The van der Waals surface area contributed by atoms with Gasteiger partial charge in [-0.1, -0.05) is 18.2 Å². The summed E-state index contributed by atoms with van der Waals surface area (Å²) >= 11 is 0. The van der Waals surface area contributed by atoms with Crippen molar-refractivity contribution < 1.29 is 52.4 Å². The average molecular weight is 467 g/mol. The van der Waals surface area contributed by atoms with Crippen molar-refractivity contribution >= 4 is 30.0 Å². The van der Waals surface area contributed by atoms with E-state index in [1.165, 1.54) is 12.1 Å². The number of nitrogens with one attached hydrogen (secondary N) is 1. The summed E-state index contributed by atoms with van der Waals surface area (Å²) in [6.07, 6.45) is -7.71. The van der Waals surface area contributed by atoms with Crippen LogP contribution >= 0.6 is 0 Å². The molecule has 0 saturated carbocycles. The SMILES string of the molecule is CC(=O)OC[C@H]1O[C@H](NC(=O)Oc2ccccc2)[C@H](OC(C)=O)[C@@H](OC(C)=O)[C@@H]1OC(C)=O. The van der Waals surface area contributed by atoms with Crippen LogP contribution in [0.3, 0.4) is 0 Å². The highest BCUT2D eigenvalue weighted by Gasteiger charge is 2.52. The van der Waals surface area contributed by atoms with Gasteiger partial charge in [0.05, 0.1) is 0 Å². The first kappa shape index (κ1) is 25.6. The van der Waals surface area contributed by atoms with Crippen molar-refractivity contribution in [3.8, 4) is 5.75 Å². The fourth-order valence-corrected chi connectivity index (χ4v) is 3.09. The zero-order valence-electron chi connectivity index (χ0n) is 18.5. The van der Waals surface area contributed by atoms with Gasteiger partial charge in [-0.15, -0.1) is 0 Å². The van der Waals surface area contributed by atoms with E-state index in [-0.39, 0.29) is 5.75 Å². The molecule has 0 radical (unpaired) electrons. The molecular weight excluding hydrogens is 442 g/mol. The summed E-state index contributed by atoms with van der Waals surface area (Å²) in [5.74, 6) is -2.76. The highest BCUT2D eigenvalue weighted by molar-refractivity contribution is 5.71. The maximum Gasteiger partial charge on any atom is 0.414 e. The molecule has 33 heavy (non-hydrogen) atoms. The first-order chi connectivity index (χ1) is 15.6. The molecule has 12 nitrogen and oxygen atoms in total. The van der Waals surface area contributed by atoms with Crippen molar-refractivity contribution in [3.63, 3.8) is 0 Å². The van der Waals surface area contributed by atoms with Gasteiger partial charge < -0.3 is 28.4 Å². The summed E-state index contributed by atoms with van der Waals surface area (Å²) in [6, 6.07) is 8.09. The van der Waals surface area contributed by atoms with Crippen LogP contribution in [0.25, 0.3) is 0 Å². The molecule has 5 atom stereocenters. The number of hydrogen-bond acceptors (Lipinski definition) is 11. The van der Waals surface area contributed by atoms with E-state index in [4.69, 9.17) is 28.4 Å². The minimum atomic E-state index is -1.42. The number of carbonyl (C=O) groups excluding carboxylic acids is 5. The molecule has 1 amide bonds. The molecular formula is C21H25NO11. The van der Waals surface area contributed by atoms with E-state index in [0.29, 0.717) is 0 Å². The summed E-state index contributed by atoms with van der Waals surface area (Å²) < 4.78 is 31.6. The van der Waals surface area contributed by atoms with E-state index in [2.05, 4.69) is 5.32 Å². The maximum absolute atomic E-state index is 12.4. The summed E-state index contributed by atoms with van der Waals surface area (Å²) in [5.41, 5.74) is 0. The molecule has 1 heterocycles. The minimum absolute atomic E-state index is 0.223. The van der Waals surface area contributed by atoms with Gasteiger partial charge in [-0.25, -0.2) is 4.79 Å². The van der Waals surface area contributed by atoms with Crippen molar-refractivity contribution in [2.24, 2.45) is 0 Å². The number of ether oxygens (including phenoxy) is 6. The van der Waals surface area contributed by atoms with Crippen LogP contribution in [0.2, 0.25) is 0 Å². The molecule has 1 aliphatic heterocycles. The molecule has 0 aliphatic carbocycles. The summed E-state index contributed by atoms with van der Waals surface area (Å²) in [4.78, 5) is 59.0. The highest BCUT2D eigenvalue weighted by atomic mass is 16.7. The van der Waals surface area contributed by atoms with Crippen LogP contribution in [-0.2, 0) is 42.9 Å². The van der Waals surface area contributed by atoms with E-state index in [9.17, 15) is 24.0 Å². The second-order valence-electron chi connectivity index (χ2n) is 6.97. The van der Waals surface area contributed by atoms with E-state index < -0.39 is 67.2 Å². The number of rotatable bonds is 7. The Balaban J connectivity index is 2.35. The first-order valence-corrected chi connectivity index (χ1v) is 9.90. The highest BCUT2D eigenvalue weighted by Crippen LogP contribution is 2.28. The Kier molecular flexibility index (Phi) is 9.16. The molecule has 0 bridgehead atoms. The second kappa shape index (κ2) is 11.8. The lowest BCUT2D eigenvalue weighted by atomic mass is 9.97. The van der Waals surface area contributed by atoms with Gasteiger partial charge in [-0.3, -0.25) is 24.5 Å². The lowest BCUT2D eigenvalue weighted by Gasteiger charge is -2.44. The number of carbonyl (C=O) groups is 5. The molecule has 2 rings (SSSR count). The fourth-order valence-electron chi connectivity index (χ4n) is 3.09. The Hall–Kier alpha value is -3.67. The zero-order chi connectivity index (χ0) is 24.5. The van der Waals surface area contributed by atoms with Gasteiger partial charge in [0.25, 0.3) is 0 Å². The normalized spacial score (nSPS) is 24.1. The minimum Gasteiger partial charge on any atom is -0.463 e. The Morgan fingerprint density at radius 1 is 0.788 bits per heavy atom. The topological polar surface area (TPSA) is 153 Å². The monoisotopic (exact) mass is 467 g/mol. The predicted octanol–water partition coefficient (Wildman–Crippen LogP) is 0.858. The number of benzene rings is 1. The maximum atomic E-state index is 12.4. The predicted molar refractivity (Wildman–Crippen MR) is 108 cm³/mol. The number of para-hydroxylation sites is 1. The smallest absolute Gasteiger partial charge is 0.414 e. The average Bonchev–Trinajstić information content (AvgIpc) is 2.70. The van der Waals surface area contributed by atoms with Crippen LogP contribution in [0, 0.1) is 0 Å². The molecule has 1 aliphatic rings. The Labute approximate surface area is 189 Å². The largest absolute Gasteiger partial charge is 0.463 e. The van der Waals surface area contributed by atoms with Crippen molar-refractivity contribution in [3.05, 3.63) is 30.3 Å². The molecule has 1 fully saturated rings.